The van der Waals surface area contributed by atoms with Gasteiger partial charge in [0.05, 0.1) is 18.0 Å². The summed E-state index contributed by atoms with van der Waals surface area (Å²) in [6.45, 7) is 0.300. The Morgan fingerprint density at radius 2 is 1.85 bits per heavy atom. The van der Waals surface area contributed by atoms with E-state index in [0.717, 1.165) is 17.7 Å². The number of hydrogen-bond acceptors (Lipinski definition) is 2. The first-order valence-corrected chi connectivity index (χ1v) is 8.40. The highest BCUT2D eigenvalue weighted by Gasteiger charge is 2.30. The molecule has 0 heterocycles. The molecule has 0 aliphatic heterocycles. The van der Waals surface area contributed by atoms with Crippen LogP contribution < -0.4 is 5.32 Å². The standard InChI is InChI=1S/C19H20ClF3N2O/c1-25(2)17(15-8-3-4-9-16(15)20)12-24-18(26)11-13-6-5-7-14(10-13)19(21,22)23/h3-10,17H,11-12H2,1-2H3,(H,24,26)/t17-/m0/s1. The molecular formula is C19H20ClF3N2O. The number of likely N-dealkylation sites (N-methyl/N-ethyl adjacent to an activating group) is 1. The van der Waals surface area contributed by atoms with E-state index >= 15 is 0 Å². The minimum absolute atomic E-state index is 0.118. The van der Waals surface area contributed by atoms with Crippen LogP contribution in [-0.2, 0) is 17.4 Å². The van der Waals surface area contributed by atoms with Crippen molar-refractivity contribution in [2.45, 2.75) is 18.6 Å². The van der Waals surface area contributed by atoms with Gasteiger partial charge in [-0.2, -0.15) is 13.2 Å². The van der Waals surface area contributed by atoms with Gasteiger partial charge in [0.15, 0.2) is 0 Å². The van der Waals surface area contributed by atoms with Crippen LogP contribution in [0.3, 0.4) is 0 Å². The second-order valence-electron chi connectivity index (χ2n) is 6.18. The zero-order valence-electron chi connectivity index (χ0n) is 14.5. The van der Waals surface area contributed by atoms with Crippen LogP contribution in [0.25, 0.3) is 0 Å². The average molecular weight is 385 g/mol. The summed E-state index contributed by atoms with van der Waals surface area (Å²) in [5, 5.41) is 3.37. The van der Waals surface area contributed by atoms with Gasteiger partial charge in [-0.3, -0.25) is 4.79 Å². The third-order valence-electron chi connectivity index (χ3n) is 4.00. The van der Waals surface area contributed by atoms with Gasteiger partial charge in [0, 0.05) is 11.6 Å². The van der Waals surface area contributed by atoms with Crippen molar-refractivity contribution < 1.29 is 18.0 Å². The van der Waals surface area contributed by atoms with Crippen molar-refractivity contribution in [1.82, 2.24) is 10.2 Å². The Kier molecular flexibility index (Phi) is 6.67. The van der Waals surface area contributed by atoms with Gasteiger partial charge in [-0.05, 0) is 37.4 Å². The number of halogens is 4. The van der Waals surface area contributed by atoms with Gasteiger partial charge in [0.25, 0.3) is 0 Å². The van der Waals surface area contributed by atoms with Crippen molar-refractivity contribution in [2.75, 3.05) is 20.6 Å². The number of nitrogens with one attached hydrogen (secondary N) is 1. The Balaban J connectivity index is 2.02. The van der Waals surface area contributed by atoms with Crippen molar-refractivity contribution in [3.8, 4) is 0 Å². The molecule has 2 aromatic rings. The molecule has 0 saturated carbocycles. The lowest BCUT2D eigenvalue weighted by molar-refractivity contribution is -0.137. The second kappa shape index (κ2) is 8.56. The fourth-order valence-corrected chi connectivity index (χ4v) is 2.89. The highest BCUT2D eigenvalue weighted by molar-refractivity contribution is 6.31. The molecule has 0 aliphatic carbocycles. The second-order valence-corrected chi connectivity index (χ2v) is 6.59. The summed E-state index contributed by atoms with van der Waals surface area (Å²) >= 11 is 6.22. The molecule has 1 atom stereocenters. The van der Waals surface area contributed by atoms with Crippen LogP contribution in [0.15, 0.2) is 48.5 Å². The van der Waals surface area contributed by atoms with E-state index in [1.807, 2.05) is 37.2 Å². The van der Waals surface area contributed by atoms with E-state index in [2.05, 4.69) is 5.32 Å². The molecule has 2 rings (SSSR count). The molecule has 1 N–H and O–H groups in total. The SMILES string of the molecule is CN(C)[C@@H](CNC(=O)Cc1cccc(C(F)(F)F)c1)c1ccccc1Cl. The molecular weight excluding hydrogens is 365 g/mol. The highest BCUT2D eigenvalue weighted by atomic mass is 35.5. The molecule has 0 unspecified atom stereocenters. The predicted octanol–water partition coefficient (Wildman–Crippen LogP) is 4.32. The predicted molar refractivity (Wildman–Crippen MR) is 96.0 cm³/mol. The lowest BCUT2D eigenvalue weighted by Crippen LogP contribution is -2.35. The third-order valence-corrected chi connectivity index (χ3v) is 4.34. The number of carbonyl (C=O) groups is 1. The Hall–Kier alpha value is -2.05. The molecule has 3 nitrogen and oxygen atoms in total. The lowest BCUT2D eigenvalue weighted by atomic mass is 10.1. The monoisotopic (exact) mass is 384 g/mol. The largest absolute Gasteiger partial charge is 0.416 e. The molecule has 0 fully saturated rings. The Bertz CT molecular complexity index is 762. The summed E-state index contributed by atoms with van der Waals surface area (Å²) in [5.41, 5.74) is 0.431. The van der Waals surface area contributed by atoms with Gasteiger partial charge in [-0.25, -0.2) is 0 Å². The quantitative estimate of drug-likeness (QED) is 0.804. The van der Waals surface area contributed by atoms with Crippen molar-refractivity contribution in [1.29, 1.82) is 0 Å². The van der Waals surface area contributed by atoms with Crippen LogP contribution in [0.5, 0.6) is 0 Å². The van der Waals surface area contributed by atoms with Crippen molar-refractivity contribution in [3.05, 3.63) is 70.2 Å². The normalized spacial score (nSPS) is 12.9. The van der Waals surface area contributed by atoms with Crippen LogP contribution in [-0.4, -0.2) is 31.4 Å². The molecule has 0 radical (unpaired) electrons. The topological polar surface area (TPSA) is 32.3 Å². The Morgan fingerprint density at radius 3 is 2.46 bits per heavy atom. The summed E-state index contributed by atoms with van der Waals surface area (Å²) in [6, 6.07) is 12.0. The van der Waals surface area contributed by atoms with Gasteiger partial charge in [0.2, 0.25) is 5.91 Å². The maximum absolute atomic E-state index is 12.8. The van der Waals surface area contributed by atoms with Gasteiger partial charge in [-0.15, -0.1) is 0 Å². The molecule has 140 valence electrons. The fraction of sp³-hybridized carbons (Fsp3) is 0.316. The maximum Gasteiger partial charge on any atom is 0.416 e. The van der Waals surface area contributed by atoms with E-state index < -0.39 is 11.7 Å². The zero-order chi connectivity index (χ0) is 19.3. The lowest BCUT2D eigenvalue weighted by Gasteiger charge is -2.26. The van der Waals surface area contributed by atoms with E-state index in [1.54, 1.807) is 6.07 Å². The number of amides is 1. The van der Waals surface area contributed by atoms with Crippen LogP contribution in [0.4, 0.5) is 13.2 Å². The number of alkyl halides is 3. The van der Waals surface area contributed by atoms with Crippen molar-refractivity contribution >= 4 is 17.5 Å². The Morgan fingerprint density at radius 1 is 1.15 bits per heavy atom. The molecule has 1 amide bonds. The minimum Gasteiger partial charge on any atom is -0.354 e. The average Bonchev–Trinajstić information content (AvgIpc) is 2.56. The van der Waals surface area contributed by atoms with Crippen LogP contribution in [0.1, 0.15) is 22.7 Å². The first-order chi connectivity index (χ1) is 12.2. The van der Waals surface area contributed by atoms with Gasteiger partial charge in [-0.1, -0.05) is 48.0 Å². The minimum atomic E-state index is -4.42. The molecule has 0 bridgehead atoms. The van der Waals surface area contributed by atoms with E-state index in [4.69, 9.17) is 11.6 Å². The van der Waals surface area contributed by atoms with Gasteiger partial charge in [0.1, 0.15) is 0 Å². The number of nitrogens with zero attached hydrogens (tertiary/aromatic N) is 1. The van der Waals surface area contributed by atoms with Crippen molar-refractivity contribution in [3.63, 3.8) is 0 Å². The first-order valence-electron chi connectivity index (χ1n) is 8.02. The Labute approximate surface area is 155 Å². The molecule has 0 aromatic heterocycles. The summed E-state index contributed by atoms with van der Waals surface area (Å²) in [5.74, 6) is -0.344. The van der Waals surface area contributed by atoms with Crippen LogP contribution >= 0.6 is 11.6 Å². The van der Waals surface area contributed by atoms with E-state index in [0.29, 0.717) is 17.1 Å². The van der Waals surface area contributed by atoms with Crippen LogP contribution in [0.2, 0.25) is 5.02 Å². The molecule has 0 aliphatic rings. The van der Waals surface area contributed by atoms with E-state index in [-0.39, 0.29) is 18.4 Å². The number of hydrogen-bond donors (Lipinski definition) is 1. The highest BCUT2D eigenvalue weighted by Crippen LogP contribution is 2.29. The summed E-state index contributed by atoms with van der Waals surface area (Å²) in [4.78, 5) is 14.1. The van der Waals surface area contributed by atoms with Crippen LogP contribution in [0, 0.1) is 0 Å². The summed E-state index contributed by atoms with van der Waals surface area (Å²) < 4.78 is 38.3. The maximum atomic E-state index is 12.8. The van der Waals surface area contributed by atoms with Crippen molar-refractivity contribution in [2.24, 2.45) is 0 Å². The number of carbonyl (C=O) groups excluding carboxylic acids is 1. The third kappa shape index (κ3) is 5.47. The molecule has 26 heavy (non-hydrogen) atoms. The zero-order valence-corrected chi connectivity index (χ0v) is 15.2. The van der Waals surface area contributed by atoms with E-state index in [9.17, 15) is 18.0 Å². The molecule has 0 spiro atoms. The molecule has 0 saturated heterocycles. The smallest absolute Gasteiger partial charge is 0.354 e. The molecule has 2 aromatic carbocycles. The fourth-order valence-electron chi connectivity index (χ4n) is 2.63. The van der Waals surface area contributed by atoms with Gasteiger partial charge >= 0.3 is 6.18 Å². The number of benzene rings is 2. The summed E-state index contributed by atoms with van der Waals surface area (Å²) in [6.07, 6.45) is -4.54. The summed E-state index contributed by atoms with van der Waals surface area (Å²) in [7, 11) is 3.74. The molecule has 7 heteroatoms. The van der Waals surface area contributed by atoms with E-state index in [1.165, 1.54) is 12.1 Å². The van der Waals surface area contributed by atoms with Gasteiger partial charge < -0.3 is 10.2 Å². The number of rotatable bonds is 6. The first kappa shape index (κ1) is 20.3.